The van der Waals surface area contributed by atoms with Crippen molar-refractivity contribution < 1.29 is 9.18 Å². The SMILES string of the molecule is O=C(NCCCCn1ccnc1)c1cc(F)cnc1Cl. The molecule has 0 spiro atoms. The van der Waals surface area contributed by atoms with E-state index in [-0.39, 0.29) is 10.7 Å². The molecular weight excluding hydrogens is 283 g/mol. The van der Waals surface area contributed by atoms with Crippen LogP contribution in [0.15, 0.2) is 31.0 Å². The van der Waals surface area contributed by atoms with Gasteiger partial charge in [-0.05, 0) is 18.9 Å². The van der Waals surface area contributed by atoms with Crippen LogP contribution in [-0.2, 0) is 6.54 Å². The van der Waals surface area contributed by atoms with Crippen molar-refractivity contribution in [1.29, 1.82) is 0 Å². The molecule has 0 aromatic carbocycles. The van der Waals surface area contributed by atoms with Crippen LogP contribution in [0.2, 0.25) is 5.15 Å². The molecule has 0 fully saturated rings. The molecule has 0 saturated heterocycles. The maximum absolute atomic E-state index is 13.0. The Labute approximate surface area is 120 Å². The third-order valence-corrected chi connectivity index (χ3v) is 3.04. The Morgan fingerprint density at radius 3 is 3.05 bits per heavy atom. The fourth-order valence-electron chi connectivity index (χ4n) is 1.72. The second-order valence-electron chi connectivity index (χ2n) is 4.26. The summed E-state index contributed by atoms with van der Waals surface area (Å²) in [6.07, 6.45) is 8.05. The first-order valence-electron chi connectivity index (χ1n) is 6.22. The lowest BCUT2D eigenvalue weighted by Crippen LogP contribution is -2.25. The van der Waals surface area contributed by atoms with Crippen LogP contribution >= 0.6 is 11.6 Å². The minimum absolute atomic E-state index is 0.00214. The number of hydrogen-bond donors (Lipinski definition) is 1. The molecule has 2 aromatic rings. The number of nitrogens with one attached hydrogen (secondary N) is 1. The topological polar surface area (TPSA) is 59.8 Å². The summed E-state index contributed by atoms with van der Waals surface area (Å²) in [6, 6.07) is 1.08. The zero-order valence-corrected chi connectivity index (χ0v) is 11.5. The first-order valence-corrected chi connectivity index (χ1v) is 6.59. The molecule has 5 nitrogen and oxygen atoms in total. The first-order chi connectivity index (χ1) is 9.66. The van der Waals surface area contributed by atoms with Crippen LogP contribution in [0.4, 0.5) is 4.39 Å². The van der Waals surface area contributed by atoms with Crippen LogP contribution in [0.1, 0.15) is 23.2 Å². The molecule has 20 heavy (non-hydrogen) atoms. The van der Waals surface area contributed by atoms with Gasteiger partial charge in [-0.25, -0.2) is 14.4 Å². The van der Waals surface area contributed by atoms with Crippen molar-refractivity contribution >= 4 is 17.5 Å². The zero-order chi connectivity index (χ0) is 14.4. The van der Waals surface area contributed by atoms with Gasteiger partial charge < -0.3 is 9.88 Å². The molecule has 0 bridgehead atoms. The van der Waals surface area contributed by atoms with E-state index in [1.165, 1.54) is 0 Å². The third-order valence-electron chi connectivity index (χ3n) is 2.74. The summed E-state index contributed by atoms with van der Waals surface area (Å²) in [5, 5.41) is 2.69. The van der Waals surface area contributed by atoms with Crippen molar-refractivity contribution in [2.75, 3.05) is 6.54 Å². The molecule has 0 saturated carbocycles. The number of carbonyl (C=O) groups is 1. The molecule has 0 aliphatic rings. The number of rotatable bonds is 6. The van der Waals surface area contributed by atoms with E-state index in [1.54, 1.807) is 12.5 Å². The zero-order valence-electron chi connectivity index (χ0n) is 10.7. The standard InChI is InChI=1S/C13H14ClFN4O/c14-12-11(7-10(15)8-18-12)13(20)17-3-1-2-5-19-6-4-16-9-19/h4,6-9H,1-3,5H2,(H,17,20). The quantitative estimate of drug-likeness (QED) is 0.657. The van der Waals surface area contributed by atoms with E-state index in [0.29, 0.717) is 6.54 Å². The molecule has 0 aliphatic carbocycles. The lowest BCUT2D eigenvalue weighted by molar-refractivity contribution is 0.0952. The van der Waals surface area contributed by atoms with Gasteiger partial charge in [0.25, 0.3) is 5.91 Å². The van der Waals surface area contributed by atoms with Gasteiger partial charge in [-0.2, -0.15) is 0 Å². The number of pyridine rings is 1. The summed E-state index contributed by atoms with van der Waals surface area (Å²) in [5.74, 6) is -0.996. The average molecular weight is 297 g/mol. The highest BCUT2D eigenvalue weighted by atomic mass is 35.5. The molecule has 1 amide bonds. The number of carbonyl (C=O) groups excluding carboxylic acids is 1. The number of amides is 1. The van der Waals surface area contributed by atoms with Crippen LogP contribution in [-0.4, -0.2) is 27.0 Å². The summed E-state index contributed by atoms with van der Waals surface area (Å²) in [6.45, 7) is 1.35. The highest BCUT2D eigenvalue weighted by molar-refractivity contribution is 6.32. The van der Waals surface area contributed by atoms with Gasteiger partial charge >= 0.3 is 0 Å². The molecule has 0 atom stereocenters. The molecule has 1 N–H and O–H groups in total. The van der Waals surface area contributed by atoms with Crippen molar-refractivity contribution in [2.45, 2.75) is 19.4 Å². The van der Waals surface area contributed by atoms with Crippen LogP contribution in [0.25, 0.3) is 0 Å². The molecular formula is C13H14ClFN4O. The van der Waals surface area contributed by atoms with Crippen LogP contribution < -0.4 is 5.32 Å². The number of nitrogens with zero attached hydrogens (tertiary/aromatic N) is 3. The molecule has 106 valence electrons. The Morgan fingerprint density at radius 2 is 2.30 bits per heavy atom. The molecule has 2 heterocycles. The van der Waals surface area contributed by atoms with Gasteiger partial charge in [0, 0.05) is 25.5 Å². The van der Waals surface area contributed by atoms with Crippen molar-refractivity contribution in [3.05, 3.63) is 47.5 Å². The second-order valence-corrected chi connectivity index (χ2v) is 4.61. The van der Waals surface area contributed by atoms with Crippen LogP contribution in [0, 0.1) is 5.82 Å². The number of aromatic nitrogens is 3. The molecule has 0 unspecified atom stereocenters. The van der Waals surface area contributed by atoms with E-state index in [4.69, 9.17) is 11.6 Å². The lowest BCUT2D eigenvalue weighted by atomic mass is 10.2. The van der Waals surface area contributed by atoms with Gasteiger partial charge in [0.2, 0.25) is 0 Å². The van der Waals surface area contributed by atoms with E-state index in [1.807, 2.05) is 10.8 Å². The van der Waals surface area contributed by atoms with E-state index < -0.39 is 11.7 Å². The Kier molecular flexibility index (Phi) is 5.06. The normalized spacial score (nSPS) is 10.5. The summed E-state index contributed by atoms with van der Waals surface area (Å²) in [5.41, 5.74) is 0.0567. The minimum Gasteiger partial charge on any atom is -0.352 e. The predicted molar refractivity (Wildman–Crippen MR) is 73.0 cm³/mol. The number of hydrogen-bond acceptors (Lipinski definition) is 3. The summed E-state index contributed by atoms with van der Waals surface area (Å²) in [7, 11) is 0. The van der Waals surface area contributed by atoms with Crippen molar-refractivity contribution in [3.63, 3.8) is 0 Å². The second kappa shape index (κ2) is 7.00. The van der Waals surface area contributed by atoms with E-state index in [2.05, 4.69) is 15.3 Å². The molecule has 0 radical (unpaired) electrons. The Balaban J connectivity index is 1.73. The predicted octanol–water partition coefficient (Wildman–Crippen LogP) is 2.28. The largest absolute Gasteiger partial charge is 0.352 e. The fraction of sp³-hybridized carbons (Fsp3) is 0.308. The van der Waals surface area contributed by atoms with Crippen molar-refractivity contribution in [1.82, 2.24) is 19.9 Å². The maximum atomic E-state index is 13.0. The van der Waals surface area contributed by atoms with E-state index in [0.717, 1.165) is 31.6 Å². The minimum atomic E-state index is -0.584. The highest BCUT2D eigenvalue weighted by Gasteiger charge is 2.11. The Morgan fingerprint density at radius 1 is 1.45 bits per heavy atom. The Bertz CT molecular complexity index is 574. The molecule has 0 aliphatic heterocycles. The van der Waals surface area contributed by atoms with Gasteiger partial charge in [-0.3, -0.25) is 4.79 Å². The summed E-state index contributed by atoms with van der Waals surface area (Å²) < 4.78 is 15.0. The highest BCUT2D eigenvalue weighted by Crippen LogP contribution is 2.13. The molecule has 2 aromatic heterocycles. The van der Waals surface area contributed by atoms with E-state index in [9.17, 15) is 9.18 Å². The van der Waals surface area contributed by atoms with Crippen molar-refractivity contribution in [3.8, 4) is 0 Å². The van der Waals surface area contributed by atoms with Crippen LogP contribution in [0.5, 0.6) is 0 Å². The van der Waals surface area contributed by atoms with Crippen LogP contribution in [0.3, 0.4) is 0 Å². The van der Waals surface area contributed by atoms with Crippen molar-refractivity contribution in [2.24, 2.45) is 0 Å². The van der Waals surface area contributed by atoms with E-state index >= 15 is 0 Å². The monoisotopic (exact) mass is 296 g/mol. The summed E-state index contributed by atoms with van der Waals surface area (Å²) in [4.78, 5) is 19.3. The number of halogens is 2. The van der Waals surface area contributed by atoms with Gasteiger partial charge in [0.1, 0.15) is 11.0 Å². The van der Waals surface area contributed by atoms with Gasteiger partial charge in [-0.15, -0.1) is 0 Å². The maximum Gasteiger partial charge on any atom is 0.254 e. The average Bonchev–Trinajstić information content (AvgIpc) is 2.94. The lowest BCUT2D eigenvalue weighted by Gasteiger charge is -2.06. The number of imidazole rings is 1. The summed E-state index contributed by atoms with van der Waals surface area (Å²) >= 11 is 5.75. The first kappa shape index (κ1) is 14.5. The smallest absolute Gasteiger partial charge is 0.254 e. The number of unbranched alkanes of at least 4 members (excludes halogenated alkanes) is 1. The van der Waals surface area contributed by atoms with Gasteiger partial charge in [-0.1, -0.05) is 11.6 Å². The molecule has 7 heteroatoms. The molecule has 2 rings (SSSR count). The van der Waals surface area contributed by atoms with Gasteiger partial charge in [0.15, 0.2) is 0 Å². The Hall–Kier alpha value is -1.95. The van der Waals surface area contributed by atoms with Gasteiger partial charge in [0.05, 0.1) is 18.1 Å². The fourth-order valence-corrected chi connectivity index (χ4v) is 1.91. The number of aryl methyl sites for hydroxylation is 1. The third kappa shape index (κ3) is 4.03.